The van der Waals surface area contributed by atoms with Gasteiger partial charge in [-0.2, -0.15) is 0 Å². The van der Waals surface area contributed by atoms with Crippen LogP contribution in [-0.2, 0) is 17.9 Å². The van der Waals surface area contributed by atoms with Crippen molar-refractivity contribution in [2.45, 2.75) is 32.9 Å². The average Bonchev–Trinajstić information content (AvgIpc) is 3.15. The molecule has 1 atom stereocenters. The smallest absolute Gasteiger partial charge is 0.278 e. The molecule has 0 unspecified atom stereocenters. The molecule has 33 heavy (non-hydrogen) atoms. The number of ether oxygens (including phenoxy) is 1. The molecule has 3 heterocycles. The van der Waals surface area contributed by atoms with Crippen LogP contribution in [0.1, 0.15) is 25.3 Å². The first-order chi connectivity index (χ1) is 16.0. The Bertz CT molecular complexity index is 1370. The van der Waals surface area contributed by atoms with E-state index in [1.165, 1.54) is 0 Å². The molecule has 1 fully saturated rings. The third kappa shape index (κ3) is 3.99. The fourth-order valence-electron chi connectivity index (χ4n) is 4.80. The number of piperidine rings is 1. The lowest BCUT2D eigenvalue weighted by Gasteiger charge is -2.31. The van der Waals surface area contributed by atoms with Crippen LogP contribution in [0.5, 0.6) is 5.75 Å². The lowest BCUT2D eigenvalue weighted by atomic mass is 10.0. The number of benzene rings is 2. The summed E-state index contributed by atoms with van der Waals surface area (Å²) in [6, 6.07) is 15.4. The standard InChI is InChI=1S/C26H28N4O3/c1-18-6-5-13-28(14-18)23(31)16-30-22-8-4-3-7-21(22)24-25(30)26(32)29(17-27-24)15-19-9-11-20(33-2)12-10-19/h3-4,7-12,17-18H,5-6,13-16H2,1-2H3/t18-/m0/s1. The molecule has 1 amide bonds. The molecular weight excluding hydrogens is 416 g/mol. The van der Waals surface area contributed by atoms with Crippen LogP contribution >= 0.6 is 0 Å². The molecule has 170 valence electrons. The van der Waals surface area contributed by atoms with Crippen molar-refractivity contribution in [3.8, 4) is 5.75 Å². The zero-order valence-corrected chi connectivity index (χ0v) is 19.0. The summed E-state index contributed by atoms with van der Waals surface area (Å²) in [6.07, 6.45) is 3.77. The maximum Gasteiger partial charge on any atom is 0.278 e. The predicted molar refractivity (Wildman–Crippen MR) is 129 cm³/mol. The van der Waals surface area contributed by atoms with Gasteiger partial charge in [0.05, 0.1) is 25.5 Å². The number of amides is 1. The average molecular weight is 445 g/mol. The summed E-state index contributed by atoms with van der Waals surface area (Å²) in [6.45, 7) is 4.27. The molecule has 2 aromatic heterocycles. The Labute approximate surface area is 192 Å². The van der Waals surface area contributed by atoms with Gasteiger partial charge in [0.25, 0.3) is 5.56 Å². The van der Waals surface area contributed by atoms with Gasteiger partial charge >= 0.3 is 0 Å². The molecule has 4 aromatic rings. The van der Waals surface area contributed by atoms with Crippen molar-refractivity contribution in [2.24, 2.45) is 5.92 Å². The van der Waals surface area contributed by atoms with Crippen LogP contribution in [0.3, 0.4) is 0 Å². The van der Waals surface area contributed by atoms with E-state index in [-0.39, 0.29) is 18.0 Å². The van der Waals surface area contributed by atoms with E-state index < -0.39 is 0 Å². The monoisotopic (exact) mass is 444 g/mol. The van der Waals surface area contributed by atoms with Gasteiger partial charge in [0, 0.05) is 18.5 Å². The highest BCUT2D eigenvalue weighted by Gasteiger charge is 2.24. The molecule has 0 bridgehead atoms. The van der Waals surface area contributed by atoms with E-state index in [9.17, 15) is 9.59 Å². The zero-order valence-electron chi connectivity index (χ0n) is 19.0. The Morgan fingerprint density at radius 3 is 2.70 bits per heavy atom. The number of methoxy groups -OCH3 is 1. The van der Waals surface area contributed by atoms with E-state index >= 15 is 0 Å². The molecule has 0 N–H and O–H groups in total. The molecule has 0 saturated carbocycles. The van der Waals surface area contributed by atoms with Gasteiger partial charge in [-0.15, -0.1) is 0 Å². The number of para-hydroxylation sites is 1. The lowest BCUT2D eigenvalue weighted by molar-refractivity contribution is -0.133. The molecule has 2 aromatic carbocycles. The maximum atomic E-state index is 13.6. The second kappa shape index (κ2) is 8.73. The first kappa shape index (κ1) is 21.2. The summed E-state index contributed by atoms with van der Waals surface area (Å²) in [4.78, 5) is 33.4. The number of rotatable bonds is 5. The molecule has 7 nitrogen and oxygen atoms in total. The van der Waals surface area contributed by atoms with Crippen LogP contribution in [0.25, 0.3) is 21.9 Å². The maximum absolute atomic E-state index is 13.6. The van der Waals surface area contributed by atoms with E-state index in [1.54, 1.807) is 18.0 Å². The SMILES string of the molecule is COc1ccc(Cn2cnc3c4ccccc4n(CC(=O)N4CCC[C@H](C)C4)c3c2=O)cc1. The summed E-state index contributed by atoms with van der Waals surface area (Å²) in [5.41, 5.74) is 2.80. The van der Waals surface area contributed by atoms with E-state index in [0.29, 0.717) is 23.5 Å². The summed E-state index contributed by atoms with van der Waals surface area (Å²) < 4.78 is 8.68. The number of nitrogens with zero attached hydrogens (tertiary/aromatic N) is 4. The number of likely N-dealkylation sites (tertiary alicyclic amines) is 1. The third-order valence-corrected chi connectivity index (χ3v) is 6.55. The molecule has 1 aliphatic rings. The highest BCUT2D eigenvalue weighted by molar-refractivity contribution is 6.06. The minimum Gasteiger partial charge on any atom is -0.497 e. The first-order valence-corrected chi connectivity index (χ1v) is 11.4. The Balaban J connectivity index is 1.56. The molecule has 5 rings (SSSR count). The van der Waals surface area contributed by atoms with Crippen LogP contribution in [0.2, 0.25) is 0 Å². The Morgan fingerprint density at radius 2 is 1.94 bits per heavy atom. The number of carbonyl (C=O) groups excluding carboxylic acids is 1. The summed E-state index contributed by atoms with van der Waals surface area (Å²) in [5.74, 6) is 1.32. The molecule has 7 heteroatoms. The van der Waals surface area contributed by atoms with Gasteiger partial charge in [-0.25, -0.2) is 4.98 Å². The fraction of sp³-hybridized carbons (Fsp3) is 0.346. The third-order valence-electron chi connectivity index (χ3n) is 6.55. The topological polar surface area (TPSA) is 69.4 Å². The normalized spacial score (nSPS) is 16.4. The van der Waals surface area contributed by atoms with Crippen molar-refractivity contribution in [1.82, 2.24) is 19.0 Å². The van der Waals surface area contributed by atoms with Crippen LogP contribution < -0.4 is 10.3 Å². The molecule has 0 aliphatic carbocycles. The van der Waals surface area contributed by atoms with Gasteiger partial charge in [-0.3, -0.25) is 14.2 Å². The molecule has 1 saturated heterocycles. The van der Waals surface area contributed by atoms with Crippen molar-refractivity contribution >= 4 is 27.8 Å². The molecular formula is C26H28N4O3. The van der Waals surface area contributed by atoms with Gasteiger partial charge in [0.2, 0.25) is 5.91 Å². The number of aromatic nitrogens is 3. The van der Waals surface area contributed by atoms with Gasteiger partial charge in [-0.1, -0.05) is 37.3 Å². The number of fused-ring (bicyclic) bond motifs is 3. The Morgan fingerprint density at radius 1 is 1.15 bits per heavy atom. The largest absolute Gasteiger partial charge is 0.497 e. The molecule has 0 spiro atoms. The second-order valence-corrected chi connectivity index (χ2v) is 8.91. The van der Waals surface area contributed by atoms with Crippen molar-refractivity contribution in [1.29, 1.82) is 0 Å². The van der Waals surface area contributed by atoms with Gasteiger partial charge in [-0.05, 0) is 42.5 Å². The quantitative estimate of drug-likeness (QED) is 0.471. The van der Waals surface area contributed by atoms with Crippen LogP contribution in [0.15, 0.2) is 59.7 Å². The number of hydrogen-bond donors (Lipinski definition) is 0. The Hall–Kier alpha value is -3.61. The van der Waals surface area contributed by atoms with Crippen LogP contribution in [0, 0.1) is 5.92 Å². The molecule has 0 radical (unpaired) electrons. The Kier molecular flexibility index (Phi) is 5.62. The van der Waals surface area contributed by atoms with Gasteiger partial charge < -0.3 is 14.2 Å². The highest BCUT2D eigenvalue weighted by atomic mass is 16.5. The van der Waals surface area contributed by atoms with Crippen LogP contribution in [-0.4, -0.2) is 45.1 Å². The summed E-state index contributed by atoms with van der Waals surface area (Å²) in [7, 11) is 1.63. The fourth-order valence-corrected chi connectivity index (χ4v) is 4.80. The first-order valence-electron chi connectivity index (χ1n) is 11.4. The minimum absolute atomic E-state index is 0.0501. The van der Waals surface area contributed by atoms with E-state index in [1.807, 2.05) is 58.0 Å². The van der Waals surface area contributed by atoms with Crippen molar-refractivity contribution < 1.29 is 9.53 Å². The lowest BCUT2D eigenvalue weighted by Crippen LogP contribution is -2.41. The summed E-state index contributed by atoms with van der Waals surface area (Å²) >= 11 is 0. The van der Waals surface area contributed by atoms with Gasteiger partial charge in [0.15, 0.2) is 0 Å². The van der Waals surface area contributed by atoms with Crippen molar-refractivity contribution in [2.75, 3.05) is 20.2 Å². The van der Waals surface area contributed by atoms with Gasteiger partial charge in [0.1, 0.15) is 23.3 Å². The predicted octanol–water partition coefficient (Wildman–Crippen LogP) is 3.67. The highest BCUT2D eigenvalue weighted by Crippen LogP contribution is 2.26. The second-order valence-electron chi connectivity index (χ2n) is 8.91. The minimum atomic E-state index is -0.146. The zero-order chi connectivity index (χ0) is 22.9. The van der Waals surface area contributed by atoms with E-state index in [2.05, 4.69) is 11.9 Å². The van der Waals surface area contributed by atoms with Crippen LogP contribution in [0.4, 0.5) is 0 Å². The number of hydrogen-bond acceptors (Lipinski definition) is 4. The van der Waals surface area contributed by atoms with E-state index in [0.717, 1.165) is 48.1 Å². The summed E-state index contributed by atoms with van der Waals surface area (Å²) in [5, 5.41) is 0.890. The van der Waals surface area contributed by atoms with Crippen molar-refractivity contribution in [3.63, 3.8) is 0 Å². The number of carbonyl (C=O) groups is 1. The molecule has 1 aliphatic heterocycles. The van der Waals surface area contributed by atoms with E-state index in [4.69, 9.17) is 4.74 Å². The van der Waals surface area contributed by atoms with Crippen molar-refractivity contribution in [3.05, 3.63) is 70.8 Å².